The lowest BCUT2D eigenvalue weighted by atomic mass is 10.1. The van der Waals surface area contributed by atoms with Crippen molar-refractivity contribution in [2.75, 3.05) is 30.9 Å². The highest BCUT2D eigenvalue weighted by molar-refractivity contribution is 5.54. The number of hydrogen-bond acceptors (Lipinski definition) is 4. The summed E-state index contributed by atoms with van der Waals surface area (Å²) in [5.41, 5.74) is 2.11. The van der Waals surface area contributed by atoms with Crippen LogP contribution in [0.5, 0.6) is 0 Å². The predicted molar refractivity (Wildman–Crippen MR) is 61.2 cm³/mol. The fraction of sp³-hybridized carbons (Fsp3) is 0.545. The largest absolute Gasteiger partial charge is 0.387 e. The molecule has 1 aromatic heterocycles. The van der Waals surface area contributed by atoms with Gasteiger partial charge < -0.3 is 15.4 Å². The van der Waals surface area contributed by atoms with E-state index in [0.29, 0.717) is 6.04 Å². The lowest BCUT2D eigenvalue weighted by Crippen LogP contribution is -2.27. The fourth-order valence-electron chi connectivity index (χ4n) is 1.73. The molecule has 4 heteroatoms. The van der Waals surface area contributed by atoms with E-state index in [0.717, 1.165) is 37.4 Å². The number of ether oxygens (including phenoxy) is 1. The van der Waals surface area contributed by atoms with Gasteiger partial charge in [0.05, 0.1) is 23.8 Å². The molecule has 0 unspecified atom stereocenters. The average Bonchev–Trinajstić information content (AvgIpc) is 2.31. The van der Waals surface area contributed by atoms with Crippen LogP contribution in [0.1, 0.15) is 12.8 Å². The van der Waals surface area contributed by atoms with Gasteiger partial charge in [0, 0.05) is 26.3 Å². The maximum Gasteiger partial charge on any atom is 0.0549 e. The Morgan fingerprint density at radius 3 is 2.73 bits per heavy atom. The summed E-state index contributed by atoms with van der Waals surface area (Å²) < 4.78 is 5.31. The topological polar surface area (TPSA) is 46.2 Å². The van der Waals surface area contributed by atoms with Crippen LogP contribution >= 0.6 is 0 Å². The van der Waals surface area contributed by atoms with Gasteiger partial charge in [0.1, 0.15) is 0 Å². The summed E-state index contributed by atoms with van der Waals surface area (Å²) in [6, 6.07) is 2.59. The maximum absolute atomic E-state index is 5.31. The van der Waals surface area contributed by atoms with Crippen LogP contribution in [0.15, 0.2) is 18.5 Å². The SMILES string of the molecule is CNc1cncc(NC2CCOCC2)c1. The molecule has 0 radical (unpaired) electrons. The quantitative estimate of drug-likeness (QED) is 0.792. The number of pyridine rings is 1. The van der Waals surface area contributed by atoms with E-state index in [1.54, 1.807) is 0 Å². The van der Waals surface area contributed by atoms with Gasteiger partial charge >= 0.3 is 0 Å². The van der Waals surface area contributed by atoms with E-state index in [-0.39, 0.29) is 0 Å². The van der Waals surface area contributed by atoms with Crippen molar-refractivity contribution in [3.63, 3.8) is 0 Å². The standard InChI is InChI=1S/C11H17N3O/c1-12-10-6-11(8-13-7-10)14-9-2-4-15-5-3-9/h6-9,12,14H,2-5H2,1H3. The Bertz CT molecular complexity index is 310. The highest BCUT2D eigenvalue weighted by Crippen LogP contribution is 2.17. The van der Waals surface area contributed by atoms with Crippen LogP contribution in [0.2, 0.25) is 0 Å². The fourth-order valence-corrected chi connectivity index (χ4v) is 1.73. The third-order valence-corrected chi connectivity index (χ3v) is 2.62. The summed E-state index contributed by atoms with van der Waals surface area (Å²) in [6.45, 7) is 1.72. The van der Waals surface area contributed by atoms with Gasteiger partial charge in [-0.1, -0.05) is 0 Å². The van der Waals surface area contributed by atoms with E-state index in [4.69, 9.17) is 4.74 Å². The monoisotopic (exact) mass is 207 g/mol. The van der Waals surface area contributed by atoms with Gasteiger partial charge in [0.25, 0.3) is 0 Å². The van der Waals surface area contributed by atoms with Crippen LogP contribution in [0.3, 0.4) is 0 Å². The molecular formula is C11H17N3O. The normalized spacial score (nSPS) is 17.4. The second-order valence-electron chi connectivity index (χ2n) is 3.74. The molecule has 2 heterocycles. The number of nitrogens with zero attached hydrogens (tertiary/aromatic N) is 1. The van der Waals surface area contributed by atoms with Crippen LogP contribution in [0.4, 0.5) is 11.4 Å². The summed E-state index contributed by atoms with van der Waals surface area (Å²) in [5, 5.41) is 6.55. The first-order valence-corrected chi connectivity index (χ1v) is 5.35. The minimum absolute atomic E-state index is 0.521. The first-order chi connectivity index (χ1) is 7.38. The van der Waals surface area contributed by atoms with Gasteiger partial charge in [-0.05, 0) is 18.9 Å². The Balaban J connectivity index is 1.96. The van der Waals surface area contributed by atoms with E-state index >= 15 is 0 Å². The molecule has 4 nitrogen and oxygen atoms in total. The molecule has 1 saturated heterocycles. The molecule has 0 aliphatic carbocycles. The van der Waals surface area contributed by atoms with Crippen LogP contribution in [0, 0.1) is 0 Å². The average molecular weight is 207 g/mol. The highest BCUT2D eigenvalue weighted by Gasteiger charge is 2.13. The summed E-state index contributed by atoms with van der Waals surface area (Å²) in [7, 11) is 1.90. The first kappa shape index (κ1) is 10.2. The van der Waals surface area contributed by atoms with E-state index < -0.39 is 0 Å². The lowest BCUT2D eigenvalue weighted by Gasteiger charge is -2.24. The molecule has 1 aromatic rings. The first-order valence-electron chi connectivity index (χ1n) is 5.35. The van der Waals surface area contributed by atoms with Crippen molar-refractivity contribution < 1.29 is 4.74 Å². The van der Waals surface area contributed by atoms with Crippen LogP contribution < -0.4 is 10.6 Å². The minimum Gasteiger partial charge on any atom is -0.387 e. The smallest absolute Gasteiger partial charge is 0.0549 e. The Labute approximate surface area is 90.0 Å². The van der Waals surface area contributed by atoms with Gasteiger partial charge in [-0.2, -0.15) is 0 Å². The van der Waals surface area contributed by atoms with Gasteiger partial charge in [-0.3, -0.25) is 4.98 Å². The van der Waals surface area contributed by atoms with Crippen molar-refractivity contribution in [3.05, 3.63) is 18.5 Å². The molecule has 0 saturated carbocycles. The van der Waals surface area contributed by atoms with Gasteiger partial charge in [0.15, 0.2) is 0 Å². The Morgan fingerprint density at radius 1 is 1.27 bits per heavy atom. The molecule has 0 amide bonds. The second kappa shape index (κ2) is 4.98. The summed E-state index contributed by atoms with van der Waals surface area (Å²) >= 11 is 0. The molecule has 15 heavy (non-hydrogen) atoms. The van der Waals surface area contributed by atoms with Gasteiger partial charge in [-0.15, -0.1) is 0 Å². The Morgan fingerprint density at radius 2 is 2.00 bits per heavy atom. The number of aromatic nitrogens is 1. The van der Waals surface area contributed by atoms with Crippen molar-refractivity contribution in [2.45, 2.75) is 18.9 Å². The molecule has 1 fully saturated rings. The van der Waals surface area contributed by atoms with Crippen molar-refractivity contribution in [1.82, 2.24) is 4.98 Å². The Kier molecular flexibility index (Phi) is 3.40. The van der Waals surface area contributed by atoms with Crippen molar-refractivity contribution >= 4 is 11.4 Å². The van der Waals surface area contributed by atoms with E-state index in [9.17, 15) is 0 Å². The zero-order chi connectivity index (χ0) is 10.5. The van der Waals surface area contributed by atoms with Gasteiger partial charge in [-0.25, -0.2) is 0 Å². The van der Waals surface area contributed by atoms with E-state index in [1.165, 1.54) is 0 Å². The third kappa shape index (κ3) is 2.83. The van der Waals surface area contributed by atoms with Gasteiger partial charge in [0.2, 0.25) is 0 Å². The zero-order valence-corrected chi connectivity index (χ0v) is 8.99. The maximum atomic E-state index is 5.31. The molecule has 1 aliphatic heterocycles. The summed E-state index contributed by atoms with van der Waals surface area (Å²) in [5.74, 6) is 0. The number of hydrogen-bond donors (Lipinski definition) is 2. The minimum atomic E-state index is 0.521. The molecule has 2 N–H and O–H groups in total. The van der Waals surface area contributed by atoms with Crippen LogP contribution in [-0.4, -0.2) is 31.3 Å². The number of rotatable bonds is 3. The molecule has 1 aliphatic rings. The van der Waals surface area contributed by atoms with Crippen molar-refractivity contribution in [1.29, 1.82) is 0 Å². The second-order valence-corrected chi connectivity index (χ2v) is 3.74. The molecule has 0 aromatic carbocycles. The predicted octanol–water partition coefficient (Wildman–Crippen LogP) is 1.71. The molecule has 82 valence electrons. The zero-order valence-electron chi connectivity index (χ0n) is 8.99. The Hall–Kier alpha value is -1.29. The summed E-state index contributed by atoms with van der Waals surface area (Å²) in [6.07, 6.45) is 5.82. The van der Waals surface area contributed by atoms with E-state index in [1.807, 2.05) is 19.4 Å². The highest BCUT2D eigenvalue weighted by atomic mass is 16.5. The van der Waals surface area contributed by atoms with Crippen LogP contribution in [-0.2, 0) is 4.74 Å². The molecule has 0 atom stereocenters. The number of nitrogens with one attached hydrogen (secondary N) is 2. The summed E-state index contributed by atoms with van der Waals surface area (Å²) in [4.78, 5) is 4.16. The number of anilines is 2. The van der Waals surface area contributed by atoms with Crippen molar-refractivity contribution in [3.8, 4) is 0 Å². The third-order valence-electron chi connectivity index (χ3n) is 2.62. The van der Waals surface area contributed by atoms with E-state index in [2.05, 4.69) is 21.7 Å². The molecule has 2 rings (SSSR count). The molecule has 0 spiro atoms. The molecule has 0 bridgehead atoms. The molecular weight excluding hydrogens is 190 g/mol. The van der Waals surface area contributed by atoms with Crippen LogP contribution in [0.25, 0.3) is 0 Å². The lowest BCUT2D eigenvalue weighted by molar-refractivity contribution is 0.0904. The van der Waals surface area contributed by atoms with Crippen molar-refractivity contribution in [2.24, 2.45) is 0 Å².